The topological polar surface area (TPSA) is 149 Å². The number of aromatic nitrogens is 1. The molecule has 1 fully saturated rings. The van der Waals surface area contributed by atoms with Gasteiger partial charge in [-0.25, -0.2) is 12.8 Å². The molecule has 200 valence electrons. The highest BCUT2D eigenvalue weighted by Crippen LogP contribution is 2.32. The van der Waals surface area contributed by atoms with Crippen LogP contribution >= 0.6 is 0 Å². The van der Waals surface area contributed by atoms with Crippen LogP contribution in [0.2, 0.25) is 0 Å². The molecule has 0 unspecified atom stereocenters. The molecule has 0 bridgehead atoms. The van der Waals surface area contributed by atoms with Crippen LogP contribution in [0.4, 0.5) is 10.1 Å². The first-order chi connectivity index (χ1) is 17.9. The van der Waals surface area contributed by atoms with E-state index < -0.39 is 68.4 Å². The summed E-state index contributed by atoms with van der Waals surface area (Å²) in [6.45, 7) is 2.27. The molecule has 38 heavy (non-hydrogen) atoms. The number of nitro benzene ring substituents is 1. The van der Waals surface area contributed by atoms with Crippen molar-refractivity contribution in [1.82, 2.24) is 8.87 Å². The van der Waals surface area contributed by atoms with Gasteiger partial charge in [-0.1, -0.05) is 12.1 Å². The molecular formula is C25H24FN3O8S. The number of nitrogens with zero attached hydrogens (tertiary/aromatic N) is 3. The molecule has 0 saturated carbocycles. The molecule has 4 rings (SSSR count). The predicted octanol–water partition coefficient (Wildman–Crippen LogP) is 2.69. The molecule has 0 radical (unpaired) electrons. The van der Waals surface area contributed by atoms with Crippen LogP contribution in [0.15, 0.2) is 59.5 Å². The fraction of sp³-hybridized carbons (Fsp3) is 0.280. The largest absolute Gasteiger partial charge is 0.456 e. The Labute approximate surface area is 217 Å². The van der Waals surface area contributed by atoms with E-state index >= 15 is 0 Å². The molecule has 2 atom stereocenters. The van der Waals surface area contributed by atoms with E-state index in [1.807, 2.05) is 0 Å². The molecule has 1 N–H and O–H groups in total. The van der Waals surface area contributed by atoms with E-state index in [9.17, 15) is 37.6 Å². The standard InChI is InChI=1S/C25H24FN3O8S/c1-15-11-20(16(2)28(15)18-9-7-17(26)8-10-18)23(31)14-37-25(32)22-12-19(30)13-27(22)38(35,36)24-6-4-3-5-21(24)29(33)34/h3-11,19,22,30H,12-14H2,1-2H3/t19-,22+/m1/s1. The number of β-amino-alcohol motifs (C(OH)–C–C–N with tert-alkyl or cyclic N) is 1. The van der Waals surface area contributed by atoms with Crippen molar-refractivity contribution in [1.29, 1.82) is 0 Å². The number of nitro groups is 1. The third kappa shape index (κ3) is 5.08. The summed E-state index contributed by atoms with van der Waals surface area (Å²) >= 11 is 0. The summed E-state index contributed by atoms with van der Waals surface area (Å²) in [6, 6.07) is 10.5. The van der Waals surface area contributed by atoms with Crippen molar-refractivity contribution in [3.05, 3.63) is 87.5 Å². The van der Waals surface area contributed by atoms with E-state index in [0.29, 0.717) is 21.4 Å². The van der Waals surface area contributed by atoms with Gasteiger partial charge in [0.15, 0.2) is 11.5 Å². The molecule has 1 aliphatic rings. The highest BCUT2D eigenvalue weighted by atomic mass is 32.2. The van der Waals surface area contributed by atoms with Gasteiger partial charge in [-0.3, -0.25) is 19.7 Å². The number of hydrogen-bond donors (Lipinski definition) is 1. The molecule has 13 heteroatoms. The number of benzene rings is 2. The van der Waals surface area contributed by atoms with E-state index in [2.05, 4.69) is 0 Å². The van der Waals surface area contributed by atoms with Gasteiger partial charge in [0.1, 0.15) is 11.9 Å². The molecule has 1 saturated heterocycles. The third-order valence-corrected chi connectivity index (χ3v) is 8.24. The zero-order valence-electron chi connectivity index (χ0n) is 20.4. The Morgan fingerprint density at radius 1 is 1.16 bits per heavy atom. The van der Waals surface area contributed by atoms with Gasteiger partial charge in [-0.15, -0.1) is 0 Å². The minimum Gasteiger partial charge on any atom is -0.456 e. The lowest BCUT2D eigenvalue weighted by Gasteiger charge is -2.22. The van der Waals surface area contributed by atoms with Crippen LogP contribution in [-0.4, -0.2) is 64.4 Å². The number of ketones is 1. The number of carbonyl (C=O) groups excluding carboxylic acids is 2. The van der Waals surface area contributed by atoms with E-state index in [1.165, 1.54) is 24.3 Å². The van der Waals surface area contributed by atoms with Crippen LogP contribution < -0.4 is 0 Å². The zero-order chi connectivity index (χ0) is 27.8. The summed E-state index contributed by atoms with van der Waals surface area (Å²) in [5, 5.41) is 21.5. The van der Waals surface area contributed by atoms with Crippen LogP contribution in [0.1, 0.15) is 28.2 Å². The van der Waals surface area contributed by atoms with Gasteiger partial charge in [0.05, 0.1) is 11.0 Å². The Kier molecular flexibility index (Phi) is 7.44. The van der Waals surface area contributed by atoms with Crippen molar-refractivity contribution >= 4 is 27.5 Å². The number of hydrogen-bond acceptors (Lipinski definition) is 8. The van der Waals surface area contributed by atoms with Crippen molar-refractivity contribution in [2.24, 2.45) is 0 Å². The van der Waals surface area contributed by atoms with Gasteiger partial charge in [0.2, 0.25) is 5.78 Å². The number of halogens is 1. The highest BCUT2D eigenvalue weighted by Gasteiger charge is 2.46. The Morgan fingerprint density at radius 3 is 2.47 bits per heavy atom. The fourth-order valence-corrected chi connectivity index (χ4v) is 6.35. The number of para-hydroxylation sites is 1. The Hall–Kier alpha value is -3.94. The molecule has 0 amide bonds. The molecule has 2 heterocycles. The maximum Gasteiger partial charge on any atom is 0.325 e. The minimum atomic E-state index is -4.56. The molecule has 11 nitrogen and oxygen atoms in total. The highest BCUT2D eigenvalue weighted by molar-refractivity contribution is 7.89. The average Bonchev–Trinajstić information content (AvgIpc) is 3.42. The van der Waals surface area contributed by atoms with Gasteiger partial charge >= 0.3 is 5.97 Å². The summed E-state index contributed by atoms with van der Waals surface area (Å²) in [5.41, 5.74) is 1.44. The number of aryl methyl sites for hydroxylation is 1. The van der Waals surface area contributed by atoms with Crippen LogP contribution in [0.5, 0.6) is 0 Å². The van der Waals surface area contributed by atoms with Crippen molar-refractivity contribution in [3.63, 3.8) is 0 Å². The normalized spacial score (nSPS) is 17.9. The Balaban J connectivity index is 1.52. The van der Waals surface area contributed by atoms with Crippen molar-refractivity contribution < 1.29 is 37.2 Å². The van der Waals surface area contributed by atoms with Crippen LogP contribution in [0, 0.1) is 29.8 Å². The Morgan fingerprint density at radius 2 is 1.82 bits per heavy atom. The number of sulfonamides is 1. The number of aliphatic hydroxyl groups excluding tert-OH is 1. The number of esters is 1. The van der Waals surface area contributed by atoms with Crippen molar-refractivity contribution in [2.75, 3.05) is 13.2 Å². The monoisotopic (exact) mass is 545 g/mol. The molecule has 0 spiro atoms. The summed E-state index contributed by atoms with van der Waals surface area (Å²) in [4.78, 5) is 35.7. The number of Topliss-reactive ketones (excluding diaryl/α,β-unsaturated/α-hetero) is 1. The lowest BCUT2D eigenvalue weighted by atomic mass is 10.1. The summed E-state index contributed by atoms with van der Waals surface area (Å²) in [6.07, 6.45) is -1.51. The number of ether oxygens (including phenoxy) is 1. The molecule has 2 aromatic carbocycles. The van der Waals surface area contributed by atoms with Gasteiger partial charge in [-0.2, -0.15) is 4.31 Å². The van der Waals surface area contributed by atoms with Crippen LogP contribution in [-0.2, 0) is 19.6 Å². The first-order valence-corrected chi connectivity index (χ1v) is 12.9. The molecular weight excluding hydrogens is 521 g/mol. The maximum atomic E-state index is 13.3. The van der Waals surface area contributed by atoms with Crippen molar-refractivity contribution in [2.45, 2.75) is 37.3 Å². The lowest BCUT2D eigenvalue weighted by Crippen LogP contribution is -2.42. The fourth-order valence-electron chi connectivity index (χ4n) is 4.56. The number of carbonyl (C=O) groups is 2. The second kappa shape index (κ2) is 10.4. The second-order valence-corrected chi connectivity index (χ2v) is 10.7. The van der Waals surface area contributed by atoms with E-state index in [-0.39, 0.29) is 12.0 Å². The third-order valence-electron chi connectivity index (χ3n) is 6.32. The van der Waals surface area contributed by atoms with Crippen LogP contribution in [0.3, 0.4) is 0 Å². The SMILES string of the molecule is Cc1cc(C(=O)COC(=O)[C@@H]2C[C@@H](O)CN2S(=O)(=O)c2ccccc2[N+](=O)[O-])c(C)n1-c1ccc(F)cc1. The lowest BCUT2D eigenvalue weighted by molar-refractivity contribution is -0.387. The number of rotatable bonds is 8. The predicted molar refractivity (Wildman–Crippen MR) is 132 cm³/mol. The second-order valence-electron chi connectivity index (χ2n) is 8.83. The first-order valence-electron chi connectivity index (χ1n) is 11.5. The summed E-state index contributed by atoms with van der Waals surface area (Å²) in [7, 11) is -4.56. The average molecular weight is 546 g/mol. The summed E-state index contributed by atoms with van der Waals surface area (Å²) < 4.78 is 47.3. The number of aliphatic hydroxyl groups is 1. The quantitative estimate of drug-likeness (QED) is 0.197. The Bertz CT molecular complexity index is 1520. The maximum absolute atomic E-state index is 13.3. The van der Waals surface area contributed by atoms with Gasteiger partial charge in [0.25, 0.3) is 15.7 Å². The van der Waals surface area contributed by atoms with E-state index in [1.54, 1.807) is 36.6 Å². The van der Waals surface area contributed by atoms with Gasteiger partial charge in [0, 0.05) is 41.7 Å². The van der Waals surface area contributed by atoms with Gasteiger partial charge < -0.3 is 14.4 Å². The minimum absolute atomic E-state index is 0.260. The van der Waals surface area contributed by atoms with E-state index in [4.69, 9.17) is 4.74 Å². The van der Waals surface area contributed by atoms with Crippen molar-refractivity contribution in [3.8, 4) is 5.69 Å². The molecule has 0 aliphatic carbocycles. The van der Waals surface area contributed by atoms with E-state index in [0.717, 1.165) is 12.1 Å². The van der Waals surface area contributed by atoms with Crippen LogP contribution in [0.25, 0.3) is 5.69 Å². The molecule has 1 aromatic heterocycles. The first kappa shape index (κ1) is 27.1. The smallest absolute Gasteiger partial charge is 0.325 e. The molecule has 3 aromatic rings. The zero-order valence-corrected chi connectivity index (χ0v) is 21.2. The van der Waals surface area contributed by atoms with Gasteiger partial charge in [-0.05, 0) is 50.2 Å². The molecule has 1 aliphatic heterocycles. The summed E-state index contributed by atoms with van der Waals surface area (Å²) in [5.74, 6) is -2.02.